The summed E-state index contributed by atoms with van der Waals surface area (Å²) in [6.45, 7) is 7.40. The van der Waals surface area contributed by atoms with Crippen LogP contribution in [0.15, 0.2) is 14.4 Å². The van der Waals surface area contributed by atoms with Crippen molar-refractivity contribution in [2.45, 2.75) is 39.7 Å². The van der Waals surface area contributed by atoms with Crippen LogP contribution < -0.4 is 5.32 Å². The van der Waals surface area contributed by atoms with Crippen LogP contribution in [-0.2, 0) is 0 Å². The molecule has 0 fully saturated rings. The van der Waals surface area contributed by atoms with Gasteiger partial charge in [0.1, 0.15) is 17.9 Å². The fourth-order valence-corrected chi connectivity index (χ4v) is 2.68. The lowest BCUT2D eigenvalue weighted by molar-refractivity contribution is 0.0952. The Morgan fingerprint density at radius 3 is 3.05 bits per heavy atom. The molecular weight excluding hydrogens is 268 g/mol. The number of rotatable bonds is 4. The van der Waals surface area contributed by atoms with Crippen molar-refractivity contribution >= 4 is 24.0 Å². The first-order chi connectivity index (χ1) is 10.2. The summed E-state index contributed by atoms with van der Waals surface area (Å²) in [4.78, 5) is 23.4. The monoisotopic (exact) mass is 288 g/mol. The molecule has 1 atom stereocenters. The van der Waals surface area contributed by atoms with Gasteiger partial charge in [-0.25, -0.2) is 4.99 Å². The number of carbonyl (C=O) groups excluding carboxylic acids is 1. The summed E-state index contributed by atoms with van der Waals surface area (Å²) < 4.78 is 5.65. The van der Waals surface area contributed by atoms with Crippen molar-refractivity contribution in [1.82, 2.24) is 10.2 Å². The minimum atomic E-state index is -0.112. The first-order valence-corrected chi connectivity index (χ1v) is 7.46. The number of fused-ring (bicyclic) bond motifs is 3. The Hall–Kier alpha value is -2.11. The van der Waals surface area contributed by atoms with E-state index >= 15 is 0 Å². The number of carbonyl (C=O) groups is 1. The number of aryl methyl sites for hydroxylation is 1. The zero-order valence-electron chi connectivity index (χ0n) is 12.6. The second-order valence-corrected chi connectivity index (χ2v) is 5.38. The normalized spacial score (nSPS) is 19.3. The molecule has 0 aromatic carbocycles. The summed E-state index contributed by atoms with van der Waals surface area (Å²) in [5, 5.41) is 2.91. The van der Waals surface area contributed by atoms with Crippen LogP contribution >= 0.6 is 0 Å². The molecule has 0 unspecified atom stereocenters. The molecule has 0 saturated carbocycles. The molecule has 0 spiro atoms. The van der Waals surface area contributed by atoms with E-state index in [2.05, 4.69) is 17.2 Å². The highest BCUT2D eigenvalue weighted by Crippen LogP contribution is 2.35. The fraction of sp³-hybridized carbons (Fsp3) is 0.533. The van der Waals surface area contributed by atoms with Gasteiger partial charge < -0.3 is 14.6 Å². The van der Waals surface area contributed by atoms with Crippen molar-refractivity contribution in [2.24, 2.45) is 9.98 Å². The van der Waals surface area contributed by atoms with Crippen molar-refractivity contribution in [1.29, 1.82) is 0 Å². The molecule has 0 radical (unpaired) electrons. The fourth-order valence-electron chi connectivity index (χ4n) is 2.68. The molecular formula is C15H20N4O2. The first-order valence-electron chi connectivity index (χ1n) is 7.46. The lowest BCUT2D eigenvalue weighted by atomic mass is 10.1. The average molecular weight is 288 g/mol. The van der Waals surface area contributed by atoms with Gasteiger partial charge in [0.05, 0.1) is 17.2 Å². The highest BCUT2D eigenvalue weighted by Gasteiger charge is 2.35. The van der Waals surface area contributed by atoms with E-state index in [0.717, 1.165) is 30.8 Å². The smallest absolute Gasteiger partial charge is 0.255 e. The van der Waals surface area contributed by atoms with Gasteiger partial charge in [0, 0.05) is 13.1 Å². The van der Waals surface area contributed by atoms with Crippen LogP contribution in [0.4, 0.5) is 5.88 Å². The molecule has 1 aromatic rings. The van der Waals surface area contributed by atoms with Gasteiger partial charge in [-0.15, -0.1) is 0 Å². The zero-order chi connectivity index (χ0) is 15.0. The molecule has 2 aliphatic heterocycles. The van der Waals surface area contributed by atoms with Gasteiger partial charge in [0.15, 0.2) is 0 Å². The van der Waals surface area contributed by atoms with Gasteiger partial charge >= 0.3 is 0 Å². The van der Waals surface area contributed by atoms with E-state index in [0.29, 0.717) is 23.8 Å². The van der Waals surface area contributed by atoms with Crippen LogP contribution in [0.2, 0.25) is 0 Å². The van der Waals surface area contributed by atoms with E-state index < -0.39 is 0 Å². The summed E-state index contributed by atoms with van der Waals surface area (Å²) in [7, 11) is 0. The number of hydrogen-bond donors (Lipinski definition) is 1. The molecule has 0 saturated heterocycles. The molecule has 2 aliphatic rings. The van der Waals surface area contributed by atoms with Crippen LogP contribution in [0, 0.1) is 6.92 Å². The largest absolute Gasteiger partial charge is 0.442 e. The van der Waals surface area contributed by atoms with Crippen molar-refractivity contribution in [3.8, 4) is 0 Å². The summed E-state index contributed by atoms with van der Waals surface area (Å²) >= 11 is 0. The molecule has 21 heavy (non-hydrogen) atoms. The third kappa shape index (κ3) is 2.24. The number of aliphatic imine (C=N–C) groups is 2. The van der Waals surface area contributed by atoms with Crippen molar-refractivity contribution < 1.29 is 9.21 Å². The summed E-state index contributed by atoms with van der Waals surface area (Å²) in [5.41, 5.74) is 1.30. The number of amidine groups is 1. The summed E-state index contributed by atoms with van der Waals surface area (Å²) in [6, 6.07) is 0.249. The van der Waals surface area contributed by atoms with Gasteiger partial charge in [0.2, 0.25) is 5.88 Å². The maximum atomic E-state index is 12.4. The Balaban J connectivity index is 2.03. The van der Waals surface area contributed by atoms with Gasteiger partial charge in [-0.1, -0.05) is 13.8 Å². The lowest BCUT2D eigenvalue weighted by Gasteiger charge is -2.18. The number of amides is 1. The number of furan rings is 1. The zero-order valence-corrected chi connectivity index (χ0v) is 12.6. The maximum Gasteiger partial charge on any atom is 0.255 e. The Labute approximate surface area is 123 Å². The van der Waals surface area contributed by atoms with Gasteiger partial charge in [-0.3, -0.25) is 9.79 Å². The summed E-state index contributed by atoms with van der Waals surface area (Å²) in [5.74, 6) is 1.78. The van der Waals surface area contributed by atoms with Crippen LogP contribution in [0.3, 0.4) is 0 Å². The second kappa shape index (κ2) is 5.35. The molecule has 0 bridgehead atoms. The Bertz CT molecular complexity index is 630. The Morgan fingerprint density at radius 2 is 2.33 bits per heavy atom. The van der Waals surface area contributed by atoms with Gasteiger partial charge in [-0.2, -0.15) is 0 Å². The van der Waals surface area contributed by atoms with E-state index in [4.69, 9.17) is 9.41 Å². The maximum absolute atomic E-state index is 12.4. The van der Waals surface area contributed by atoms with Crippen molar-refractivity contribution in [3.63, 3.8) is 0 Å². The molecule has 3 rings (SSSR count). The molecule has 0 aliphatic carbocycles. The van der Waals surface area contributed by atoms with Gasteiger partial charge in [0.25, 0.3) is 5.91 Å². The lowest BCUT2D eigenvalue weighted by Crippen LogP contribution is -2.33. The highest BCUT2D eigenvalue weighted by atomic mass is 16.4. The SMILES string of the molecule is CCCNC(=O)c1c(C)oc2c1C1=N[C@H](CC)CN1C=N2. The average Bonchev–Trinajstić information content (AvgIpc) is 3.03. The van der Waals surface area contributed by atoms with Crippen LogP contribution in [0.1, 0.15) is 48.4 Å². The molecule has 6 nitrogen and oxygen atoms in total. The van der Waals surface area contributed by atoms with E-state index in [-0.39, 0.29) is 11.9 Å². The molecule has 3 heterocycles. The van der Waals surface area contributed by atoms with E-state index in [9.17, 15) is 4.79 Å². The van der Waals surface area contributed by atoms with Crippen LogP contribution in [0.5, 0.6) is 0 Å². The minimum Gasteiger partial charge on any atom is -0.442 e. The van der Waals surface area contributed by atoms with Gasteiger partial charge in [-0.05, 0) is 19.8 Å². The third-order valence-corrected chi connectivity index (χ3v) is 3.82. The molecule has 1 aromatic heterocycles. The first kappa shape index (κ1) is 13.9. The Morgan fingerprint density at radius 1 is 1.52 bits per heavy atom. The number of nitrogens with one attached hydrogen (secondary N) is 1. The van der Waals surface area contributed by atoms with Crippen LogP contribution in [0.25, 0.3) is 0 Å². The van der Waals surface area contributed by atoms with E-state index in [1.165, 1.54) is 0 Å². The van der Waals surface area contributed by atoms with Crippen molar-refractivity contribution in [2.75, 3.05) is 13.1 Å². The molecule has 112 valence electrons. The predicted octanol–water partition coefficient (Wildman–Crippen LogP) is 2.24. The number of nitrogens with zero attached hydrogens (tertiary/aromatic N) is 3. The molecule has 6 heteroatoms. The number of hydrogen-bond acceptors (Lipinski definition) is 5. The topological polar surface area (TPSA) is 70.2 Å². The minimum absolute atomic E-state index is 0.112. The highest BCUT2D eigenvalue weighted by molar-refractivity contribution is 6.17. The second-order valence-electron chi connectivity index (χ2n) is 5.38. The summed E-state index contributed by atoms with van der Waals surface area (Å²) in [6.07, 6.45) is 3.61. The molecule has 1 amide bonds. The van der Waals surface area contributed by atoms with Crippen molar-refractivity contribution in [3.05, 3.63) is 16.9 Å². The van der Waals surface area contributed by atoms with Crippen LogP contribution in [-0.4, -0.2) is 42.1 Å². The van der Waals surface area contributed by atoms with E-state index in [1.807, 2.05) is 11.8 Å². The predicted molar refractivity (Wildman–Crippen MR) is 81.5 cm³/mol. The quantitative estimate of drug-likeness (QED) is 0.923. The third-order valence-electron chi connectivity index (χ3n) is 3.82. The standard InChI is InChI=1S/C15H20N4O2/c1-4-6-16-14(20)11-9(3)21-15-12(11)13-18-10(5-2)7-19(13)8-17-15/h8,10H,4-7H2,1-3H3,(H,16,20)/t10-/m1/s1. The Kier molecular flexibility index (Phi) is 3.53. The molecule has 1 N–H and O–H groups in total. The van der Waals surface area contributed by atoms with E-state index in [1.54, 1.807) is 13.3 Å².